The summed E-state index contributed by atoms with van der Waals surface area (Å²) in [7, 11) is 0. The molecule has 0 rings (SSSR count). The molecule has 2 atom stereocenters. The summed E-state index contributed by atoms with van der Waals surface area (Å²) in [5.41, 5.74) is 0. The fraction of sp³-hybridized carbons (Fsp3) is 0.857. The van der Waals surface area contributed by atoms with E-state index in [9.17, 15) is 4.79 Å². The summed E-state index contributed by atoms with van der Waals surface area (Å²) < 4.78 is 0. The van der Waals surface area contributed by atoms with E-state index in [1.54, 1.807) is 0 Å². The van der Waals surface area contributed by atoms with Crippen molar-refractivity contribution < 1.29 is 20.1 Å². The van der Waals surface area contributed by atoms with Gasteiger partial charge in [-0.15, -0.1) is 0 Å². The number of rotatable bonds is 6. The largest absolute Gasteiger partial charge is 0.396 e. The fourth-order valence-electron chi connectivity index (χ4n) is 0.725. The molecular formula is C7H14O4. The molecule has 0 bridgehead atoms. The summed E-state index contributed by atoms with van der Waals surface area (Å²) in [6.07, 6.45) is -0.263. The lowest BCUT2D eigenvalue weighted by Gasteiger charge is -2.08. The molecule has 0 aromatic carbocycles. The average molecular weight is 162 g/mol. The SMILES string of the molecule is O=CC(O)CCC(O)CCO. The van der Waals surface area contributed by atoms with E-state index in [1.165, 1.54) is 0 Å². The second kappa shape index (κ2) is 6.27. The summed E-state index contributed by atoms with van der Waals surface area (Å²) in [5, 5.41) is 26.1. The standard InChI is InChI=1S/C7H14O4/c8-4-3-6(10)1-2-7(11)5-9/h5-8,10-11H,1-4H2. The molecule has 0 heterocycles. The van der Waals surface area contributed by atoms with Crippen LogP contribution in [0.5, 0.6) is 0 Å². The van der Waals surface area contributed by atoms with E-state index in [0.717, 1.165) is 0 Å². The highest BCUT2D eigenvalue weighted by Crippen LogP contribution is 2.02. The van der Waals surface area contributed by atoms with Crippen molar-refractivity contribution in [3.05, 3.63) is 0 Å². The third-order valence-corrected chi connectivity index (χ3v) is 1.42. The molecular weight excluding hydrogens is 148 g/mol. The van der Waals surface area contributed by atoms with Crippen LogP contribution < -0.4 is 0 Å². The molecule has 11 heavy (non-hydrogen) atoms. The zero-order valence-electron chi connectivity index (χ0n) is 6.31. The molecule has 0 amide bonds. The van der Waals surface area contributed by atoms with Crippen molar-refractivity contribution in [2.24, 2.45) is 0 Å². The highest BCUT2D eigenvalue weighted by molar-refractivity contribution is 5.55. The lowest BCUT2D eigenvalue weighted by molar-refractivity contribution is -0.115. The van der Waals surface area contributed by atoms with Crippen molar-refractivity contribution >= 4 is 6.29 Å². The van der Waals surface area contributed by atoms with Crippen LogP contribution in [0.1, 0.15) is 19.3 Å². The Bertz CT molecular complexity index is 105. The summed E-state index contributed by atoms with van der Waals surface area (Å²) >= 11 is 0. The molecule has 0 aliphatic rings. The minimum atomic E-state index is -0.983. The van der Waals surface area contributed by atoms with Crippen LogP contribution in [0.25, 0.3) is 0 Å². The number of carbonyl (C=O) groups excluding carboxylic acids is 1. The Hall–Kier alpha value is -0.450. The Balaban J connectivity index is 3.29. The van der Waals surface area contributed by atoms with Gasteiger partial charge in [0.15, 0.2) is 0 Å². The summed E-state index contributed by atoms with van der Waals surface area (Å²) in [6.45, 7) is -0.0711. The molecule has 3 N–H and O–H groups in total. The molecule has 0 saturated heterocycles. The molecule has 0 aliphatic heterocycles. The Morgan fingerprint density at radius 1 is 1.18 bits per heavy atom. The molecule has 0 aliphatic carbocycles. The van der Waals surface area contributed by atoms with Crippen LogP contribution in [0, 0.1) is 0 Å². The molecule has 4 nitrogen and oxygen atoms in total. The van der Waals surface area contributed by atoms with Crippen molar-refractivity contribution in [2.45, 2.75) is 31.5 Å². The van der Waals surface area contributed by atoms with E-state index in [1.807, 2.05) is 0 Å². The first-order chi connectivity index (χ1) is 5.20. The van der Waals surface area contributed by atoms with Gasteiger partial charge in [-0.1, -0.05) is 0 Å². The zero-order chi connectivity index (χ0) is 8.69. The first-order valence-electron chi connectivity index (χ1n) is 3.63. The molecule has 0 radical (unpaired) electrons. The van der Waals surface area contributed by atoms with E-state index in [2.05, 4.69) is 0 Å². The average Bonchev–Trinajstić information content (AvgIpc) is 2.01. The molecule has 2 unspecified atom stereocenters. The lowest BCUT2D eigenvalue weighted by atomic mass is 10.1. The Labute approximate surface area is 65.5 Å². The van der Waals surface area contributed by atoms with Gasteiger partial charge in [0.2, 0.25) is 0 Å². The van der Waals surface area contributed by atoms with Gasteiger partial charge in [-0.3, -0.25) is 0 Å². The first kappa shape index (κ1) is 10.6. The van der Waals surface area contributed by atoms with Crippen LogP contribution in [-0.2, 0) is 4.79 Å². The number of hydrogen-bond donors (Lipinski definition) is 3. The van der Waals surface area contributed by atoms with Gasteiger partial charge in [0.25, 0.3) is 0 Å². The number of hydrogen-bond acceptors (Lipinski definition) is 4. The van der Waals surface area contributed by atoms with Gasteiger partial charge in [-0.05, 0) is 19.3 Å². The molecule has 0 aromatic rings. The maximum absolute atomic E-state index is 9.89. The van der Waals surface area contributed by atoms with Crippen molar-refractivity contribution in [2.75, 3.05) is 6.61 Å². The second-order valence-electron chi connectivity index (χ2n) is 2.45. The van der Waals surface area contributed by atoms with Crippen LogP contribution in [0.15, 0.2) is 0 Å². The van der Waals surface area contributed by atoms with Gasteiger partial charge in [-0.2, -0.15) is 0 Å². The lowest BCUT2D eigenvalue weighted by Crippen LogP contribution is -2.14. The molecule has 66 valence electrons. The summed E-state index contributed by atoms with van der Waals surface area (Å²) in [6, 6.07) is 0. The van der Waals surface area contributed by atoms with E-state index < -0.39 is 12.2 Å². The van der Waals surface area contributed by atoms with Gasteiger partial charge in [-0.25, -0.2) is 0 Å². The highest BCUT2D eigenvalue weighted by atomic mass is 16.3. The van der Waals surface area contributed by atoms with Crippen LogP contribution >= 0.6 is 0 Å². The predicted molar refractivity (Wildman–Crippen MR) is 39.0 cm³/mol. The third kappa shape index (κ3) is 5.97. The summed E-state index contributed by atoms with van der Waals surface area (Å²) in [5.74, 6) is 0. The van der Waals surface area contributed by atoms with Gasteiger partial charge in [0.05, 0.1) is 6.10 Å². The van der Waals surface area contributed by atoms with Crippen LogP contribution in [0.2, 0.25) is 0 Å². The maximum atomic E-state index is 9.89. The predicted octanol–water partition coefficient (Wildman–Crippen LogP) is -0.930. The molecule has 0 spiro atoms. The minimum Gasteiger partial charge on any atom is -0.396 e. The molecule has 0 fully saturated rings. The van der Waals surface area contributed by atoms with E-state index in [4.69, 9.17) is 15.3 Å². The highest BCUT2D eigenvalue weighted by Gasteiger charge is 2.07. The number of aliphatic hydroxyl groups is 3. The van der Waals surface area contributed by atoms with Gasteiger partial charge >= 0.3 is 0 Å². The number of aliphatic hydroxyl groups excluding tert-OH is 3. The van der Waals surface area contributed by atoms with Crippen molar-refractivity contribution in [1.29, 1.82) is 0 Å². The van der Waals surface area contributed by atoms with Crippen LogP contribution in [0.4, 0.5) is 0 Å². The van der Waals surface area contributed by atoms with E-state index in [-0.39, 0.29) is 13.0 Å². The van der Waals surface area contributed by atoms with Crippen LogP contribution in [0.3, 0.4) is 0 Å². The van der Waals surface area contributed by atoms with Gasteiger partial charge in [0.1, 0.15) is 12.4 Å². The number of carbonyl (C=O) groups is 1. The quantitative estimate of drug-likeness (QED) is 0.441. The van der Waals surface area contributed by atoms with Crippen LogP contribution in [-0.4, -0.2) is 40.4 Å². The van der Waals surface area contributed by atoms with E-state index in [0.29, 0.717) is 19.1 Å². The van der Waals surface area contributed by atoms with Crippen molar-refractivity contribution in [1.82, 2.24) is 0 Å². The molecule has 4 heteroatoms. The Kier molecular flexibility index (Phi) is 6.02. The molecule has 0 saturated carbocycles. The Morgan fingerprint density at radius 2 is 1.82 bits per heavy atom. The normalized spacial score (nSPS) is 15.9. The smallest absolute Gasteiger partial charge is 0.148 e. The second-order valence-corrected chi connectivity index (χ2v) is 2.45. The zero-order valence-corrected chi connectivity index (χ0v) is 6.31. The minimum absolute atomic E-state index is 0.0711. The van der Waals surface area contributed by atoms with Crippen molar-refractivity contribution in [3.63, 3.8) is 0 Å². The fourth-order valence-corrected chi connectivity index (χ4v) is 0.725. The topological polar surface area (TPSA) is 77.8 Å². The maximum Gasteiger partial charge on any atom is 0.148 e. The van der Waals surface area contributed by atoms with Crippen molar-refractivity contribution in [3.8, 4) is 0 Å². The van der Waals surface area contributed by atoms with Gasteiger partial charge < -0.3 is 20.1 Å². The van der Waals surface area contributed by atoms with Gasteiger partial charge in [0, 0.05) is 6.61 Å². The summed E-state index contributed by atoms with van der Waals surface area (Å²) in [4.78, 5) is 9.89. The third-order valence-electron chi connectivity index (χ3n) is 1.42. The monoisotopic (exact) mass is 162 g/mol. The number of aldehydes is 1. The van der Waals surface area contributed by atoms with E-state index >= 15 is 0 Å². The molecule has 0 aromatic heterocycles. The first-order valence-corrected chi connectivity index (χ1v) is 3.63. The Morgan fingerprint density at radius 3 is 2.27 bits per heavy atom.